The largest absolute Gasteiger partial charge is 0.361 e. The Kier molecular flexibility index (Phi) is 5.76. The fourth-order valence-corrected chi connectivity index (χ4v) is 5.05. The lowest BCUT2D eigenvalue weighted by Gasteiger charge is -2.37. The number of nitrogens with zero attached hydrogens (tertiary/aromatic N) is 4. The third-order valence-electron chi connectivity index (χ3n) is 6.87. The summed E-state index contributed by atoms with van der Waals surface area (Å²) in [6.07, 6.45) is 2.27. The number of rotatable bonds is 5. The summed E-state index contributed by atoms with van der Waals surface area (Å²) in [5, 5.41) is 10.2. The van der Waals surface area contributed by atoms with E-state index in [1.54, 1.807) is 0 Å². The molecule has 0 bridgehead atoms. The van der Waals surface area contributed by atoms with Crippen molar-refractivity contribution in [1.29, 1.82) is 0 Å². The van der Waals surface area contributed by atoms with Crippen LogP contribution < -0.4 is 15.9 Å². The first-order valence-corrected chi connectivity index (χ1v) is 12.1. The van der Waals surface area contributed by atoms with Gasteiger partial charge in [0.1, 0.15) is 18.1 Å². The summed E-state index contributed by atoms with van der Waals surface area (Å²) in [6, 6.07) is 27.2. The minimum Gasteiger partial charge on any atom is -0.360 e. The first kappa shape index (κ1) is 21.6. The molecule has 0 amide bonds. The molecule has 7 heteroatoms. The van der Waals surface area contributed by atoms with E-state index in [1.807, 2.05) is 30.3 Å². The quantitative estimate of drug-likeness (QED) is 0.453. The zero-order valence-electron chi connectivity index (χ0n) is 19.4. The molecule has 2 aliphatic rings. The molecule has 7 nitrogen and oxygen atoms in total. The Morgan fingerprint density at radius 1 is 0.829 bits per heavy atom. The van der Waals surface area contributed by atoms with Crippen LogP contribution >= 0.6 is 0 Å². The van der Waals surface area contributed by atoms with Crippen LogP contribution in [0.4, 0.5) is 11.4 Å². The Hall–Kier alpha value is -3.97. The van der Waals surface area contributed by atoms with Crippen molar-refractivity contribution in [1.82, 2.24) is 20.1 Å². The van der Waals surface area contributed by atoms with Crippen molar-refractivity contribution in [2.75, 3.05) is 23.3 Å². The van der Waals surface area contributed by atoms with Gasteiger partial charge in [-0.05, 0) is 30.5 Å². The van der Waals surface area contributed by atoms with Crippen LogP contribution in [0, 0.1) is 6.67 Å². The Morgan fingerprint density at radius 2 is 1.54 bits per heavy atom. The number of aromatic amines is 1. The third kappa shape index (κ3) is 4.42. The summed E-state index contributed by atoms with van der Waals surface area (Å²) in [6.45, 7) is 5.19. The molecule has 4 aromatic rings. The molecule has 2 N–H and O–H groups in total. The molecule has 1 saturated heterocycles. The number of H-pyrrole nitrogens is 1. The van der Waals surface area contributed by atoms with E-state index in [4.69, 9.17) is 0 Å². The number of para-hydroxylation sites is 2. The van der Waals surface area contributed by atoms with E-state index in [9.17, 15) is 4.79 Å². The number of fused-ring (bicyclic) bond motifs is 1. The standard InChI is InChI=1S/C28H27N6O/c35-28-30-26(21-6-2-1-3-7-21)27(31-32-28)22-12-10-20(11-13-22)18-33-16-14-23(15-17-33)34-19-29-24-8-4-5-9-25(24)34/h1-13,19,23,29H,14-18H2,(H,30,32,35). The molecular formula is C28H27N6O. The van der Waals surface area contributed by atoms with E-state index >= 15 is 0 Å². The lowest BCUT2D eigenvalue weighted by molar-refractivity contribution is 0.204. The summed E-state index contributed by atoms with van der Waals surface area (Å²) in [7, 11) is 0. The molecule has 3 aromatic carbocycles. The SMILES string of the molecule is O=c1nc(-c2ccccc2)c(-c2ccc(CN3CCC(N4[CH]Nc5ccccc54)CC3)cc2)n[nH]1. The molecule has 1 radical (unpaired) electrons. The van der Waals surface area contributed by atoms with Crippen LogP contribution in [0.15, 0.2) is 83.7 Å². The van der Waals surface area contributed by atoms with Crippen LogP contribution in [0.25, 0.3) is 22.5 Å². The molecule has 0 atom stereocenters. The Labute approximate surface area is 204 Å². The van der Waals surface area contributed by atoms with Crippen molar-refractivity contribution < 1.29 is 0 Å². The maximum absolute atomic E-state index is 11.8. The van der Waals surface area contributed by atoms with E-state index in [0.717, 1.165) is 43.6 Å². The maximum atomic E-state index is 11.8. The molecule has 175 valence electrons. The number of hydrogen-bond acceptors (Lipinski definition) is 6. The average molecular weight is 464 g/mol. The smallest absolute Gasteiger partial charge is 0.360 e. The van der Waals surface area contributed by atoms with Crippen LogP contribution in [0.5, 0.6) is 0 Å². The van der Waals surface area contributed by atoms with Gasteiger partial charge in [0.25, 0.3) is 0 Å². The number of hydrogen-bond donors (Lipinski definition) is 2. The lowest BCUT2D eigenvalue weighted by Crippen LogP contribution is -2.43. The lowest BCUT2D eigenvalue weighted by atomic mass is 10.0. The molecule has 35 heavy (non-hydrogen) atoms. The van der Waals surface area contributed by atoms with Crippen LogP contribution in [0.2, 0.25) is 0 Å². The number of anilines is 2. The van der Waals surface area contributed by atoms with E-state index in [0.29, 0.717) is 17.4 Å². The van der Waals surface area contributed by atoms with Crippen molar-refractivity contribution in [2.45, 2.75) is 25.4 Å². The number of likely N-dealkylation sites (tertiary alicyclic amines) is 1. The molecule has 1 fully saturated rings. The topological polar surface area (TPSA) is 77.2 Å². The minimum atomic E-state index is -0.446. The van der Waals surface area contributed by atoms with Gasteiger partial charge in [0, 0.05) is 36.8 Å². The fraction of sp³-hybridized carbons (Fsp3) is 0.214. The molecule has 0 spiro atoms. The molecular weight excluding hydrogens is 436 g/mol. The van der Waals surface area contributed by atoms with Crippen molar-refractivity contribution in [3.8, 4) is 22.5 Å². The third-order valence-corrected chi connectivity index (χ3v) is 6.87. The van der Waals surface area contributed by atoms with Crippen LogP contribution in [-0.4, -0.2) is 39.2 Å². The van der Waals surface area contributed by atoms with Crippen molar-refractivity contribution in [2.24, 2.45) is 0 Å². The first-order chi connectivity index (χ1) is 17.2. The van der Waals surface area contributed by atoms with E-state index < -0.39 is 5.69 Å². The predicted octanol–water partition coefficient (Wildman–Crippen LogP) is 4.51. The van der Waals surface area contributed by atoms with Gasteiger partial charge in [-0.2, -0.15) is 10.1 Å². The zero-order valence-corrected chi connectivity index (χ0v) is 19.4. The average Bonchev–Trinajstić information content (AvgIpc) is 3.34. The Balaban J connectivity index is 1.12. The highest BCUT2D eigenvalue weighted by molar-refractivity contribution is 5.78. The second kappa shape index (κ2) is 9.35. The molecule has 3 heterocycles. The van der Waals surface area contributed by atoms with Gasteiger partial charge in [0.05, 0.1) is 11.4 Å². The molecule has 6 rings (SSSR count). The van der Waals surface area contributed by atoms with Gasteiger partial charge >= 0.3 is 5.69 Å². The van der Waals surface area contributed by atoms with Gasteiger partial charge in [-0.3, -0.25) is 4.90 Å². The highest BCUT2D eigenvalue weighted by atomic mass is 16.1. The van der Waals surface area contributed by atoms with Crippen LogP contribution in [0.1, 0.15) is 18.4 Å². The Bertz CT molecular complexity index is 1360. The van der Waals surface area contributed by atoms with E-state index in [1.165, 1.54) is 16.9 Å². The van der Waals surface area contributed by atoms with Gasteiger partial charge in [0.2, 0.25) is 0 Å². The number of piperidine rings is 1. The molecule has 2 aliphatic heterocycles. The van der Waals surface area contributed by atoms with E-state index in [-0.39, 0.29) is 0 Å². The highest BCUT2D eigenvalue weighted by Crippen LogP contribution is 2.36. The monoisotopic (exact) mass is 463 g/mol. The van der Waals surface area contributed by atoms with Gasteiger partial charge in [0.15, 0.2) is 0 Å². The number of nitrogens with one attached hydrogen (secondary N) is 2. The maximum Gasteiger partial charge on any atom is 0.361 e. The highest BCUT2D eigenvalue weighted by Gasteiger charge is 2.29. The second-order valence-electron chi connectivity index (χ2n) is 9.11. The summed E-state index contributed by atoms with van der Waals surface area (Å²) in [5.41, 5.74) is 6.38. The van der Waals surface area contributed by atoms with Crippen molar-refractivity contribution in [3.63, 3.8) is 0 Å². The minimum absolute atomic E-state index is 0.446. The van der Waals surface area contributed by atoms with E-state index in [2.05, 4.69) is 85.5 Å². The normalized spacial score (nSPS) is 16.2. The van der Waals surface area contributed by atoms with Crippen LogP contribution in [-0.2, 0) is 6.54 Å². The van der Waals surface area contributed by atoms with Crippen LogP contribution in [0.3, 0.4) is 0 Å². The Morgan fingerprint density at radius 3 is 2.34 bits per heavy atom. The van der Waals surface area contributed by atoms with Gasteiger partial charge in [-0.15, -0.1) is 0 Å². The molecule has 1 aromatic heterocycles. The number of aromatic nitrogens is 3. The fourth-order valence-electron chi connectivity index (χ4n) is 5.05. The predicted molar refractivity (Wildman–Crippen MR) is 139 cm³/mol. The van der Waals surface area contributed by atoms with Gasteiger partial charge < -0.3 is 10.2 Å². The second-order valence-corrected chi connectivity index (χ2v) is 9.11. The van der Waals surface area contributed by atoms with Gasteiger partial charge in [-0.1, -0.05) is 66.7 Å². The summed E-state index contributed by atoms with van der Waals surface area (Å²) in [5.74, 6) is 0. The summed E-state index contributed by atoms with van der Waals surface area (Å²) >= 11 is 0. The zero-order chi connectivity index (χ0) is 23.6. The first-order valence-electron chi connectivity index (χ1n) is 12.1. The van der Waals surface area contributed by atoms with Crippen molar-refractivity contribution >= 4 is 11.4 Å². The molecule has 0 unspecified atom stereocenters. The summed E-state index contributed by atoms with van der Waals surface area (Å²) < 4.78 is 0. The molecule has 0 aliphatic carbocycles. The summed E-state index contributed by atoms with van der Waals surface area (Å²) in [4.78, 5) is 21.0. The van der Waals surface area contributed by atoms with Crippen molar-refractivity contribution in [3.05, 3.63) is 102 Å². The number of benzene rings is 3. The van der Waals surface area contributed by atoms with Gasteiger partial charge in [-0.25, -0.2) is 9.89 Å². The molecule has 0 saturated carbocycles.